The second-order valence-corrected chi connectivity index (χ2v) is 3.41. The first-order chi connectivity index (χ1) is 6.75. The molecule has 2 rings (SSSR count). The predicted octanol–water partition coefficient (Wildman–Crippen LogP) is 0.0556. The van der Waals surface area contributed by atoms with Crippen LogP contribution in [-0.2, 0) is 11.2 Å². The number of benzene rings is 1. The molecule has 0 aliphatic carbocycles. The molecule has 0 saturated heterocycles. The van der Waals surface area contributed by atoms with Gasteiger partial charge in [0.25, 0.3) is 0 Å². The van der Waals surface area contributed by atoms with Crippen molar-refractivity contribution in [3.63, 3.8) is 0 Å². The van der Waals surface area contributed by atoms with Crippen molar-refractivity contribution >= 4 is 11.6 Å². The third-order valence-electron chi connectivity index (χ3n) is 2.29. The summed E-state index contributed by atoms with van der Waals surface area (Å²) in [6.07, 6.45) is 1.02. The van der Waals surface area contributed by atoms with Crippen LogP contribution in [0.3, 0.4) is 0 Å². The number of para-hydroxylation sites is 1. The zero-order valence-corrected chi connectivity index (χ0v) is 7.79. The first-order valence-electron chi connectivity index (χ1n) is 4.62. The Bertz CT molecular complexity index is 326. The van der Waals surface area contributed by atoms with Gasteiger partial charge in [-0.15, -0.1) is 0 Å². The highest BCUT2D eigenvalue weighted by Crippen LogP contribution is 2.23. The van der Waals surface area contributed by atoms with Crippen molar-refractivity contribution in [1.82, 2.24) is 5.32 Å². The smallest absolute Gasteiger partial charge is 0.231 e. The Morgan fingerprint density at radius 3 is 3.07 bits per heavy atom. The summed E-state index contributed by atoms with van der Waals surface area (Å²) >= 11 is 0. The molecule has 1 heterocycles. The lowest BCUT2D eigenvalue weighted by Gasteiger charge is -2.11. The molecule has 0 bridgehead atoms. The average Bonchev–Trinajstić information content (AvgIpc) is 2.57. The molecule has 0 saturated carbocycles. The van der Waals surface area contributed by atoms with Crippen molar-refractivity contribution in [2.24, 2.45) is 5.73 Å². The largest absolute Gasteiger partial charge is 0.369 e. The molecule has 0 aromatic heterocycles. The molecule has 0 radical (unpaired) electrons. The first kappa shape index (κ1) is 9.02. The number of primary amides is 1. The van der Waals surface area contributed by atoms with Gasteiger partial charge in [0.15, 0.2) is 0 Å². The van der Waals surface area contributed by atoms with Crippen molar-refractivity contribution in [3.8, 4) is 0 Å². The van der Waals surface area contributed by atoms with Crippen molar-refractivity contribution in [3.05, 3.63) is 29.8 Å². The number of hydrogen-bond donors (Lipinski definition) is 3. The normalized spacial score (nSPS) is 18.7. The molecule has 1 aliphatic heterocycles. The third-order valence-corrected chi connectivity index (χ3v) is 2.29. The van der Waals surface area contributed by atoms with E-state index in [0.29, 0.717) is 0 Å². The fourth-order valence-electron chi connectivity index (χ4n) is 1.64. The van der Waals surface area contributed by atoms with Gasteiger partial charge in [0.1, 0.15) is 0 Å². The summed E-state index contributed by atoms with van der Waals surface area (Å²) in [4.78, 5) is 10.6. The van der Waals surface area contributed by atoms with Crippen LogP contribution in [0.25, 0.3) is 0 Å². The number of anilines is 1. The van der Waals surface area contributed by atoms with Crippen molar-refractivity contribution < 1.29 is 4.79 Å². The second kappa shape index (κ2) is 3.67. The van der Waals surface area contributed by atoms with Crippen LogP contribution in [-0.4, -0.2) is 18.6 Å². The van der Waals surface area contributed by atoms with Gasteiger partial charge in [-0.25, -0.2) is 0 Å². The molecule has 1 aromatic carbocycles. The summed E-state index contributed by atoms with van der Waals surface area (Å²) in [5, 5.41) is 6.31. The number of rotatable bonds is 3. The molecular formula is C10H13N3O. The standard InChI is InChI=1S/C10H13N3O/c11-9(14)6-12-10-5-7-3-1-2-4-8(7)13-10/h1-4,10,12-13H,5-6H2,(H2,11,14). The Kier molecular flexibility index (Phi) is 2.37. The van der Waals surface area contributed by atoms with Crippen LogP contribution in [0.2, 0.25) is 0 Å². The SMILES string of the molecule is NC(=O)CNC1Cc2ccccc2N1. The van der Waals surface area contributed by atoms with Gasteiger partial charge in [-0.1, -0.05) is 18.2 Å². The minimum absolute atomic E-state index is 0.125. The maximum Gasteiger partial charge on any atom is 0.231 e. The van der Waals surface area contributed by atoms with Crippen molar-refractivity contribution in [2.75, 3.05) is 11.9 Å². The van der Waals surface area contributed by atoms with E-state index in [9.17, 15) is 4.79 Å². The maximum absolute atomic E-state index is 10.6. The molecule has 1 atom stereocenters. The maximum atomic E-state index is 10.6. The molecule has 4 heteroatoms. The highest BCUT2D eigenvalue weighted by atomic mass is 16.1. The Morgan fingerprint density at radius 1 is 1.57 bits per heavy atom. The molecule has 4 N–H and O–H groups in total. The number of fused-ring (bicyclic) bond motifs is 1. The van der Waals surface area contributed by atoms with Crippen LogP contribution in [0.5, 0.6) is 0 Å². The minimum Gasteiger partial charge on any atom is -0.369 e. The van der Waals surface area contributed by atoms with Gasteiger partial charge in [0.05, 0.1) is 12.7 Å². The fraction of sp³-hybridized carbons (Fsp3) is 0.300. The summed E-state index contributed by atoms with van der Waals surface area (Å²) < 4.78 is 0. The monoisotopic (exact) mass is 191 g/mol. The molecule has 0 spiro atoms. The Labute approximate surface area is 82.5 Å². The van der Waals surface area contributed by atoms with E-state index in [1.807, 2.05) is 18.2 Å². The lowest BCUT2D eigenvalue weighted by molar-refractivity contribution is -0.117. The predicted molar refractivity (Wildman–Crippen MR) is 54.8 cm³/mol. The van der Waals surface area contributed by atoms with E-state index in [1.165, 1.54) is 5.56 Å². The van der Waals surface area contributed by atoms with E-state index in [-0.39, 0.29) is 18.6 Å². The number of nitrogens with two attached hydrogens (primary N) is 1. The average molecular weight is 191 g/mol. The quantitative estimate of drug-likeness (QED) is 0.632. The molecule has 14 heavy (non-hydrogen) atoms. The zero-order chi connectivity index (χ0) is 9.97. The lowest BCUT2D eigenvalue weighted by atomic mass is 10.1. The van der Waals surface area contributed by atoms with Gasteiger partial charge >= 0.3 is 0 Å². The summed E-state index contributed by atoms with van der Waals surface area (Å²) in [5.74, 6) is -0.331. The van der Waals surface area contributed by atoms with Gasteiger partial charge in [0, 0.05) is 12.1 Å². The lowest BCUT2D eigenvalue weighted by Crippen LogP contribution is -2.40. The van der Waals surface area contributed by atoms with Gasteiger partial charge in [0.2, 0.25) is 5.91 Å². The number of carbonyl (C=O) groups is 1. The zero-order valence-electron chi connectivity index (χ0n) is 7.79. The van der Waals surface area contributed by atoms with Crippen LogP contribution in [0.1, 0.15) is 5.56 Å². The second-order valence-electron chi connectivity index (χ2n) is 3.41. The van der Waals surface area contributed by atoms with Gasteiger partial charge in [-0.05, 0) is 11.6 Å². The van der Waals surface area contributed by atoms with Gasteiger partial charge in [-0.3, -0.25) is 10.1 Å². The van der Waals surface area contributed by atoms with E-state index in [1.54, 1.807) is 0 Å². The molecule has 1 unspecified atom stereocenters. The van der Waals surface area contributed by atoms with E-state index >= 15 is 0 Å². The van der Waals surface area contributed by atoms with Crippen LogP contribution < -0.4 is 16.4 Å². The Morgan fingerprint density at radius 2 is 2.36 bits per heavy atom. The molecular weight excluding hydrogens is 178 g/mol. The molecule has 4 nitrogen and oxygen atoms in total. The number of hydrogen-bond acceptors (Lipinski definition) is 3. The molecule has 0 fully saturated rings. The van der Waals surface area contributed by atoms with E-state index in [0.717, 1.165) is 12.1 Å². The molecule has 74 valence electrons. The summed E-state index contributed by atoms with van der Waals surface area (Å²) in [6.45, 7) is 0.214. The summed E-state index contributed by atoms with van der Waals surface area (Å²) in [7, 11) is 0. The van der Waals surface area contributed by atoms with Gasteiger partial charge < -0.3 is 11.1 Å². The fourth-order valence-corrected chi connectivity index (χ4v) is 1.64. The van der Waals surface area contributed by atoms with Crippen molar-refractivity contribution in [1.29, 1.82) is 0 Å². The number of nitrogens with one attached hydrogen (secondary N) is 2. The van der Waals surface area contributed by atoms with Crippen LogP contribution in [0, 0.1) is 0 Å². The van der Waals surface area contributed by atoms with Crippen LogP contribution >= 0.6 is 0 Å². The van der Waals surface area contributed by atoms with E-state index in [4.69, 9.17) is 5.73 Å². The van der Waals surface area contributed by atoms with Crippen LogP contribution in [0.4, 0.5) is 5.69 Å². The molecule has 1 amide bonds. The van der Waals surface area contributed by atoms with E-state index in [2.05, 4.69) is 16.7 Å². The van der Waals surface area contributed by atoms with Gasteiger partial charge in [-0.2, -0.15) is 0 Å². The Hall–Kier alpha value is -1.55. The number of amides is 1. The van der Waals surface area contributed by atoms with Crippen molar-refractivity contribution in [2.45, 2.75) is 12.6 Å². The highest BCUT2D eigenvalue weighted by Gasteiger charge is 2.19. The topological polar surface area (TPSA) is 67.2 Å². The molecule has 1 aromatic rings. The third kappa shape index (κ3) is 1.85. The summed E-state index contributed by atoms with van der Waals surface area (Å²) in [6, 6.07) is 8.11. The Balaban J connectivity index is 1.95. The molecule has 1 aliphatic rings. The first-order valence-corrected chi connectivity index (χ1v) is 4.62. The van der Waals surface area contributed by atoms with Crippen LogP contribution in [0.15, 0.2) is 24.3 Å². The summed E-state index contributed by atoms with van der Waals surface area (Å²) in [5.41, 5.74) is 7.45. The minimum atomic E-state index is -0.331. The highest BCUT2D eigenvalue weighted by molar-refractivity contribution is 5.76. The number of carbonyl (C=O) groups excluding carboxylic acids is 1. The van der Waals surface area contributed by atoms with E-state index < -0.39 is 0 Å².